The lowest BCUT2D eigenvalue weighted by Crippen LogP contribution is -2.40. The van der Waals surface area contributed by atoms with E-state index in [-0.39, 0.29) is 17.3 Å². The van der Waals surface area contributed by atoms with Gasteiger partial charge in [0, 0.05) is 31.5 Å². The van der Waals surface area contributed by atoms with Gasteiger partial charge >= 0.3 is 6.18 Å². The van der Waals surface area contributed by atoms with Crippen molar-refractivity contribution in [3.05, 3.63) is 29.0 Å². The van der Waals surface area contributed by atoms with E-state index in [2.05, 4.69) is 4.98 Å². The van der Waals surface area contributed by atoms with Gasteiger partial charge in [0.25, 0.3) is 5.91 Å². The van der Waals surface area contributed by atoms with Gasteiger partial charge in [-0.15, -0.1) is 0 Å². The minimum Gasteiger partial charge on any atom is -0.382 e. The Morgan fingerprint density at radius 1 is 1.48 bits per heavy atom. The van der Waals surface area contributed by atoms with Crippen LogP contribution in [0.1, 0.15) is 23.7 Å². The maximum absolute atomic E-state index is 12.6. The number of carbonyl (C=O) groups is 1. The molecule has 1 aromatic rings. The van der Waals surface area contributed by atoms with Crippen LogP contribution in [0.4, 0.5) is 13.2 Å². The molecule has 8 heteroatoms. The molecule has 0 aliphatic rings. The second kappa shape index (κ2) is 8.19. The van der Waals surface area contributed by atoms with E-state index in [0.717, 1.165) is 4.90 Å². The zero-order chi connectivity index (χ0) is 15.9. The van der Waals surface area contributed by atoms with Crippen molar-refractivity contribution < 1.29 is 22.7 Å². The molecule has 0 N–H and O–H groups in total. The Kier molecular flexibility index (Phi) is 6.91. The number of aromatic nitrogens is 1. The third-order valence-electron chi connectivity index (χ3n) is 2.55. The van der Waals surface area contributed by atoms with Crippen molar-refractivity contribution >= 4 is 17.5 Å². The van der Waals surface area contributed by atoms with Gasteiger partial charge in [-0.1, -0.05) is 11.6 Å². The molecule has 0 atom stereocenters. The fourth-order valence-electron chi connectivity index (χ4n) is 1.69. The number of ether oxygens (including phenoxy) is 1. The predicted octanol–water partition coefficient (Wildman–Crippen LogP) is 3.17. The molecule has 0 aliphatic heterocycles. The molecule has 0 fully saturated rings. The Balaban J connectivity index is 2.76. The molecule has 1 aromatic heterocycles. The van der Waals surface area contributed by atoms with Crippen molar-refractivity contribution in [2.45, 2.75) is 19.5 Å². The summed E-state index contributed by atoms with van der Waals surface area (Å²) in [5.74, 6) is -0.729. The van der Waals surface area contributed by atoms with E-state index in [0.29, 0.717) is 19.6 Å². The van der Waals surface area contributed by atoms with Gasteiger partial charge in [0.2, 0.25) is 0 Å². The first-order chi connectivity index (χ1) is 9.83. The van der Waals surface area contributed by atoms with Gasteiger partial charge in [0.05, 0.1) is 0 Å². The highest BCUT2D eigenvalue weighted by atomic mass is 35.5. The summed E-state index contributed by atoms with van der Waals surface area (Å²) in [4.78, 5) is 16.6. The van der Waals surface area contributed by atoms with Gasteiger partial charge < -0.3 is 9.64 Å². The minimum atomic E-state index is -4.46. The molecule has 4 nitrogen and oxygen atoms in total. The fourth-order valence-corrected chi connectivity index (χ4v) is 1.86. The molecule has 1 rings (SSSR count). The van der Waals surface area contributed by atoms with E-state index in [9.17, 15) is 18.0 Å². The van der Waals surface area contributed by atoms with Crippen LogP contribution >= 0.6 is 11.6 Å². The number of carbonyl (C=O) groups excluding carboxylic acids is 1. The van der Waals surface area contributed by atoms with Gasteiger partial charge in [-0.2, -0.15) is 13.2 Å². The molecule has 0 unspecified atom stereocenters. The first-order valence-corrected chi connectivity index (χ1v) is 6.76. The molecule has 1 amide bonds. The second-order valence-corrected chi connectivity index (χ2v) is 4.65. The molecule has 0 radical (unpaired) electrons. The van der Waals surface area contributed by atoms with Crippen LogP contribution in [0.3, 0.4) is 0 Å². The Morgan fingerprint density at radius 2 is 2.19 bits per heavy atom. The summed E-state index contributed by atoms with van der Waals surface area (Å²) >= 11 is 5.65. The van der Waals surface area contributed by atoms with E-state index in [1.54, 1.807) is 6.92 Å². The van der Waals surface area contributed by atoms with Crippen molar-refractivity contribution in [1.82, 2.24) is 9.88 Å². The number of rotatable bonds is 7. The Labute approximate surface area is 125 Å². The summed E-state index contributed by atoms with van der Waals surface area (Å²) in [5.41, 5.74) is 0.0793. The van der Waals surface area contributed by atoms with E-state index >= 15 is 0 Å². The number of nitrogens with zero attached hydrogens (tertiary/aromatic N) is 2. The third-order valence-corrected chi connectivity index (χ3v) is 2.76. The van der Waals surface area contributed by atoms with E-state index in [4.69, 9.17) is 16.3 Å². The SMILES string of the molecule is CCOCCCN(CC(F)(F)F)C(=O)c1ccnc(Cl)c1. The maximum Gasteiger partial charge on any atom is 0.406 e. The maximum atomic E-state index is 12.6. The van der Waals surface area contributed by atoms with Crippen LogP contribution in [0.25, 0.3) is 0 Å². The first-order valence-electron chi connectivity index (χ1n) is 6.39. The number of alkyl halides is 3. The van der Waals surface area contributed by atoms with E-state index < -0.39 is 18.6 Å². The smallest absolute Gasteiger partial charge is 0.382 e. The Bertz CT molecular complexity index is 469. The molecule has 0 saturated carbocycles. The summed E-state index contributed by atoms with van der Waals surface area (Å²) in [6.45, 7) is 1.22. The van der Waals surface area contributed by atoms with Crippen molar-refractivity contribution in [3.8, 4) is 0 Å². The highest BCUT2D eigenvalue weighted by Gasteiger charge is 2.33. The molecule has 0 spiro atoms. The van der Waals surface area contributed by atoms with Crippen LogP contribution in [0.5, 0.6) is 0 Å². The highest BCUT2D eigenvalue weighted by Crippen LogP contribution is 2.19. The summed E-state index contributed by atoms with van der Waals surface area (Å²) in [7, 11) is 0. The minimum absolute atomic E-state index is 0.0434. The van der Waals surface area contributed by atoms with Crippen molar-refractivity contribution in [3.63, 3.8) is 0 Å². The summed E-state index contributed by atoms with van der Waals surface area (Å²) in [6.07, 6.45) is -2.85. The van der Waals surface area contributed by atoms with Crippen molar-refractivity contribution in [2.24, 2.45) is 0 Å². The lowest BCUT2D eigenvalue weighted by atomic mass is 10.2. The van der Waals surface area contributed by atoms with Crippen LogP contribution in [-0.2, 0) is 4.74 Å². The van der Waals surface area contributed by atoms with Crippen LogP contribution in [0.15, 0.2) is 18.3 Å². The third kappa shape index (κ3) is 6.77. The average Bonchev–Trinajstić information content (AvgIpc) is 2.40. The molecule has 0 aliphatic carbocycles. The average molecular weight is 325 g/mol. The molecule has 118 valence electrons. The number of pyridine rings is 1. The van der Waals surface area contributed by atoms with Gasteiger partial charge in [-0.05, 0) is 25.5 Å². The highest BCUT2D eigenvalue weighted by molar-refractivity contribution is 6.29. The molecule has 0 aromatic carbocycles. The summed E-state index contributed by atoms with van der Waals surface area (Å²) in [6, 6.07) is 2.58. The zero-order valence-corrected chi connectivity index (χ0v) is 12.2. The lowest BCUT2D eigenvalue weighted by molar-refractivity contribution is -0.141. The van der Waals surface area contributed by atoms with Crippen LogP contribution in [0, 0.1) is 0 Å². The zero-order valence-electron chi connectivity index (χ0n) is 11.5. The summed E-state index contributed by atoms with van der Waals surface area (Å²) < 4.78 is 42.8. The Morgan fingerprint density at radius 3 is 2.76 bits per heavy atom. The normalized spacial score (nSPS) is 11.5. The first kappa shape index (κ1) is 17.7. The van der Waals surface area contributed by atoms with E-state index in [1.165, 1.54) is 18.3 Å². The molecular weight excluding hydrogens is 309 g/mol. The van der Waals surface area contributed by atoms with Gasteiger partial charge in [0.1, 0.15) is 11.7 Å². The second-order valence-electron chi connectivity index (χ2n) is 4.26. The van der Waals surface area contributed by atoms with Crippen molar-refractivity contribution in [2.75, 3.05) is 26.3 Å². The Hall–Kier alpha value is -1.34. The van der Waals surface area contributed by atoms with Crippen molar-refractivity contribution in [1.29, 1.82) is 0 Å². The monoisotopic (exact) mass is 324 g/mol. The summed E-state index contributed by atoms with van der Waals surface area (Å²) in [5, 5.41) is 0.0575. The standard InChI is InChI=1S/C13H16ClF3N2O2/c1-2-21-7-3-6-19(9-13(15,16)17)12(20)10-4-5-18-11(14)8-10/h4-5,8H,2-3,6-7,9H2,1H3. The number of amides is 1. The fraction of sp³-hybridized carbons (Fsp3) is 0.538. The van der Waals surface area contributed by atoms with Gasteiger partial charge in [-0.3, -0.25) is 4.79 Å². The molecule has 21 heavy (non-hydrogen) atoms. The number of hydrogen-bond donors (Lipinski definition) is 0. The van der Waals surface area contributed by atoms with Gasteiger partial charge in [0.15, 0.2) is 0 Å². The quantitative estimate of drug-likeness (QED) is 0.571. The molecule has 1 heterocycles. The van der Waals surface area contributed by atoms with Crippen LogP contribution in [-0.4, -0.2) is 48.3 Å². The topological polar surface area (TPSA) is 42.4 Å². The largest absolute Gasteiger partial charge is 0.406 e. The van der Waals surface area contributed by atoms with Crippen LogP contribution in [0.2, 0.25) is 5.15 Å². The number of halogens is 4. The predicted molar refractivity (Wildman–Crippen MR) is 72.3 cm³/mol. The van der Waals surface area contributed by atoms with Crippen LogP contribution < -0.4 is 0 Å². The molecule has 0 bridgehead atoms. The van der Waals surface area contributed by atoms with Gasteiger partial charge in [-0.25, -0.2) is 4.98 Å². The molecular formula is C13H16ClF3N2O2. The lowest BCUT2D eigenvalue weighted by Gasteiger charge is -2.24. The molecule has 0 saturated heterocycles. The van der Waals surface area contributed by atoms with E-state index in [1.807, 2.05) is 0 Å². The number of hydrogen-bond acceptors (Lipinski definition) is 3.